The second-order valence-electron chi connectivity index (χ2n) is 7.00. The lowest BCUT2D eigenvalue weighted by molar-refractivity contribution is -0.119. The van der Waals surface area contributed by atoms with Crippen molar-refractivity contribution in [1.29, 1.82) is 0 Å². The fourth-order valence-corrected chi connectivity index (χ4v) is 2.57. The third kappa shape index (κ3) is 12.0. The Morgan fingerprint density at radius 3 is 2.69 bits per heavy atom. The molecule has 0 saturated carbocycles. The largest absolute Gasteiger partial charge is 0.385 e. The first-order valence-electron chi connectivity index (χ1n) is 10.0. The van der Waals surface area contributed by atoms with Crippen LogP contribution in [0.1, 0.15) is 32.3 Å². The van der Waals surface area contributed by atoms with Crippen molar-refractivity contribution in [2.24, 2.45) is 10.9 Å². The molecule has 0 radical (unpaired) electrons. The van der Waals surface area contributed by atoms with Crippen LogP contribution in [-0.2, 0) is 16.1 Å². The van der Waals surface area contributed by atoms with E-state index in [1.54, 1.807) is 14.2 Å². The van der Waals surface area contributed by atoms with Crippen molar-refractivity contribution in [2.45, 2.75) is 33.2 Å². The Kier molecular flexibility index (Phi) is 15.6. The summed E-state index contributed by atoms with van der Waals surface area (Å²) >= 11 is 0. The van der Waals surface area contributed by atoms with Crippen LogP contribution in [0.2, 0.25) is 0 Å². The molecule has 0 aliphatic heterocycles. The van der Waals surface area contributed by atoms with Crippen molar-refractivity contribution in [1.82, 2.24) is 15.5 Å². The summed E-state index contributed by atoms with van der Waals surface area (Å²) in [7, 11) is 5.60. The Hall–Kier alpha value is -1.39. The predicted octanol–water partition coefficient (Wildman–Crippen LogP) is 2.92. The second-order valence-corrected chi connectivity index (χ2v) is 7.00. The maximum Gasteiger partial charge on any atom is 0.227 e. The van der Waals surface area contributed by atoms with Gasteiger partial charge in [-0.2, -0.15) is 0 Å². The van der Waals surface area contributed by atoms with Crippen molar-refractivity contribution < 1.29 is 9.53 Å². The van der Waals surface area contributed by atoms with E-state index in [0.29, 0.717) is 6.54 Å². The molecular formula is C21H38IN5O2. The first-order valence-corrected chi connectivity index (χ1v) is 10.0. The molecular weight excluding hydrogens is 481 g/mol. The van der Waals surface area contributed by atoms with E-state index in [1.165, 1.54) is 0 Å². The van der Waals surface area contributed by atoms with Gasteiger partial charge in [-0.3, -0.25) is 9.79 Å². The molecule has 8 heteroatoms. The minimum absolute atomic E-state index is 0. The highest BCUT2D eigenvalue weighted by atomic mass is 127. The number of ether oxygens (including phenoxy) is 1. The number of benzene rings is 1. The number of likely N-dealkylation sites (N-methyl/N-ethyl adjacent to an activating group) is 1. The molecule has 1 rings (SSSR count). The molecule has 1 aromatic rings. The second kappa shape index (κ2) is 16.4. The lowest BCUT2D eigenvalue weighted by Crippen LogP contribution is -2.40. The zero-order valence-electron chi connectivity index (χ0n) is 18.5. The van der Waals surface area contributed by atoms with Crippen molar-refractivity contribution in [3.05, 3.63) is 29.8 Å². The number of hydrogen-bond acceptors (Lipinski definition) is 4. The van der Waals surface area contributed by atoms with Crippen LogP contribution in [-0.4, -0.2) is 64.2 Å². The van der Waals surface area contributed by atoms with Gasteiger partial charge < -0.3 is 25.6 Å². The van der Waals surface area contributed by atoms with Crippen LogP contribution in [0.3, 0.4) is 0 Å². The number of amides is 1. The van der Waals surface area contributed by atoms with Gasteiger partial charge in [0.2, 0.25) is 5.91 Å². The first-order chi connectivity index (χ1) is 13.5. The number of anilines is 1. The van der Waals surface area contributed by atoms with E-state index in [9.17, 15) is 4.79 Å². The average Bonchev–Trinajstić information content (AvgIpc) is 2.70. The summed E-state index contributed by atoms with van der Waals surface area (Å²) in [6, 6.07) is 7.89. The van der Waals surface area contributed by atoms with E-state index < -0.39 is 0 Å². The first kappa shape index (κ1) is 27.6. The van der Waals surface area contributed by atoms with E-state index in [4.69, 9.17) is 4.74 Å². The van der Waals surface area contributed by atoms with Crippen LogP contribution in [0, 0.1) is 5.92 Å². The van der Waals surface area contributed by atoms with Gasteiger partial charge in [0.05, 0.1) is 0 Å². The molecule has 0 aliphatic rings. The lowest BCUT2D eigenvalue weighted by Gasteiger charge is -2.18. The van der Waals surface area contributed by atoms with Gasteiger partial charge in [0.25, 0.3) is 0 Å². The molecule has 7 nitrogen and oxygen atoms in total. The number of carbonyl (C=O) groups excluding carboxylic acids is 1. The van der Waals surface area contributed by atoms with Gasteiger partial charge in [-0.1, -0.05) is 26.0 Å². The topological polar surface area (TPSA) is 78.0 Å². The molecule has 1 amide bonds. The van der Waals surface area contributed by atoms with Crippen LogP contribution in [0.15, 0.2) is 29.3 Å². The summed E-state index contributed by atoms with van der Waals surface area (Å²) in [5.41, 5.74) is 1.91. The van der Waals surface area contributed by atoms with Crippen LogP contribution in [0.25, 0.3) is 0 Å². The number of halogens is 1. The van der Waals surface area contributed by atoms with Crippen LogP contribution in [0.4, 0.5) is 5.69 Å². The Morgan fingerprint density at radius 1 is 1.28 bits per heavy atom. The smallest absolute Gasteiger partial charge is 0.227 e. The van der Waals surface area contributed by atoms with Crippen LogP contribution < -0.4 is 16.0 Å². The highest BCUT2D eigenvalue weighted by Crippen LogP contribution is 2.13. The zero-order valence-corrected chi connectivity index (χ0v) is 20.8. The Labute approximate surface area is 193 Å². The number of nitrogens with one attached hydrogen (secondary N) is 3. The third-order valence-corrected chi connectivity index (χ3v) is 4.61. The molecule has 29 heavy (non-hydrogen) atoms. The summed E-state index contributed by atoms with van der Waals surface area (Å²) in [5.74, 6) is 0.830. The minimum Gasteiger partial charge on any atom is -0.385 e. The van der Waals surface area contributed by atoms with E-state index in [-0.39, 0.29) is 35.8 Å². The van der Waals surface area contributed by atoms with Gasteiger partial charge in [0.1, 0.15) is 0 Å². The number of nitrogens with zero attached hydrogens (tertiary/aromatic N) is 2. The van der Waals surface area contributed by atoms with Crippen molar-refractivity contribution in [2.75, 3.05) is 52.8 Å². The monoisotopic (exact) mass is 519 g/mol. The highest BCUT2D eigenvalue weighted by molar-refractivity contribution is 14.0. The highest BCUT2D eigenvalue weighted by Gasteiger charge is 2.10. The number of guanidine groups is 1. The molecule has 0 fully saturated rings. The molecule has 3 N–H and O–H groups in total. The van der Waals surface area contributed by atoms with Crippen molar-refractivity contribution >= 4 is 41.5 Å². The van der Waals surface area contributed by atoms with Gasteiger partial charge >= 0.3 is 0 Å². The average molecular weight is 519 g/mol. The number of methoxy groups -OCH3 is 1. The number of hydrogen-bond donors (Lipinski definition) is 3. The molecule has 0 spiro atoms. The number of carbonyl (C=O) groups is 1. The summed E-state index contributed by atoms with van der Waals surface area (Å²) in [4.78, 5) is 18.6. The zero-order chi connectivity index (χ0) is 20.8. The normalized spacial score (nSPS) is 12.3. The van der Waals surface area contributed by atoms with Gasteiger partial charge in [0, 0.05) is 58.5 Å². The maximum absolute atomic E-state index is 12.1. The summed E-state index contributed by atoms with van der Waals surface area (Å²) in [5, 5.41) is 9.62. The van der Waals surface area contributed by atoms with E-state index in [0.717, 1.165) is 56.3 Å². The van der Waals surface area contributed by atoms with E-state index in [2.05, 4.69) is 32.9 Å². The van der Waals surface area contributed by atoms with Crippen molar-refractivity contribution in [3.63, 3.8) is 0 Å². The molecule has 1 atom stereocenters. The standard InChI is InChI=1S/C21H37N5O2.HI/c1-6-17(2)20(27)25-19-10-7-9-18(15-19)16-24-21(22-3)23-11-13-26(4)12-8-14-28-5;/h7,9-10,15,17H,6,8,11-14,16H2,1-5H3,(H,25,27)(H2,22,23,24);1H. The predicted molar refractivity (Wildman–Crippen MR) is 132 cm³/mol. The number of rotatable bonds is 12. The summed E-state index contributed by atoms with van der Waals surface area (Å²) in [6.07, 6.45) is 1.86. The molecule has 166 valence electrons. The molecule has 0 aliphatic carbocycles. The fourth-order valence-electron chi connectivity index (χ4n) is 2.57. The molecule has 0 aromatic heterocycles. The summed E-state index contributed by atoms with van der Waals surface area (Å²) in [6.45, 7) is 8.13. The maximum atomic E-state index is 12.1. The number of aliphatic imine (C=N–C) groups is 1. The van der Waals surface area contributed by atoms with Gasteiger partial charge in [-0.25, -0.2) is 0 Å². The Morgan fingerprint density at radius 2 is 2.03 bits per heavy atom. The fraction of sp³-hybridized carbons (Fsp3) is 0.619. The third-order valence-electron chi connectivity index (χ3n) is 4.61. The Balaban J connectivity index is 0.00000784. The summed E-state index contributed by atoms with van der Waals surface area (Å²) < 4.78 is 5.08. The molecule has 0 heterocycles. The lowest BCUT2D eigenvalue weighted by atomic mass is 10.1. The van der Waals surface area contributed by atoms with Gasteiger partial charge in [-0.15, -0.1) is 24.0 Å². The SMILES string of the molecule is CCC(C)C(=O)Nc1cccc(CNC(=NC)NCCN(C)CCCOC)c1.I. The van der Waals surface area contributed by atoms with Crippen LogP contribution >= 0.6 is 24.0 Å². The molecule has 0 bridgehead atoms. The van der Waals surface area contributed by atoms with Crippen LogP contribution in [0.5, 0.6) is 0 Å². The Bertz CT molecular complexity index is 612. The van der Waals surface area contributed by atoms with Crippen molar-refractivity contribution in [3.8, 4) is 0 Å². The quantitative estimate of drug-likeness (QED) is 0.171. The minimum atomic E-state index is 0. The van der Waals surface area contributed by atoms with E-state index in [1.807, 2.05) is 38.1 Å². The molecule has 1 unspecified atom stereocenters. The van der Waals surface area contributed by atoms with Gasteiger partial charge in [-0.05, 0) is 37.6 Å². The molecule has 0 saturated heterocycles. The van der Waals surface area contributed by atoms with Gasteiger partial charge in [0.15, 0.2) is 5.96 Å². The van der Waals surface area contributed by atoms with E-state index >= 15 is 0 Å². The molecule has 1 aromatic carbocycles.